The minimum Gasteiger partial charge on any atom is -0.478 e. The summed E-state index contributed by atoms with van der Waals surface area (Å²) >= 11 is 5.81. The second-order valence-electron chi connectivity index (χ2n) is 5.66. The van der Waals surface area contributed by atoms with Crippen LogP contribution in [0.15, 0.2) is 42.5 Å². The van der Waals surface area contributed by atoms with Crippen LogP contribution in [0.1, 0.15) is 31.1 Å². The van der Waals surface area contributed by atoms with Crippen LogP contribution in [0.4, 0.5) is 5.69 Å². The first-order chi connectivity index (χ1) is 12.3. The lowest BCUT2D eigenvalue weighted by Gasteiger charge is -2.22. The number of aromatic carboxylic acids is 1. The Morgan fingerprint density at radius 2 is 1.65 bits per heavy atom. The van der Waals surface area contributed by atoms with Crippen LogP contribution in [-0.2, 0) is 4.79 Å². The van der Waals surface area contributed by atoms with Crippen molar-refractivity contribution in [1.82, 2.24) is 4.90 Å². The van der Waals surface area contributed by atoms with Gasteiger partial charge in [0.1, 0.15) is 6.54 Å². The number of benzene rings is 2. The molecule has 7 nitrogen and oxygen atoms in total. The molecule has 0 unspecified atom stereocenters. The van der Waals surface area contributed by atoms with E-state index < -0.39 is 30.2 Å². The maximum Gasteiger partial charge on any atom is 0.337 e. The van der Waals surface area contributed by atoms with Crippen LogP contribution >= 0.6 is 11.6 Å². The number of hydrogen-bond donors (Lipinski definition) is 1. The highest BCUT2D eigenvalue weighted by Crippen LogP contribution is 2.26. The molecule has 0 saturated carbocycles. The van der Waals surface area contributed by atoms with Crippen molar-refractivity contribution in [3.8, 4) is 0 Å². The number of carboxylic acid groups (broad SMARTS) is 1. The van der Waals surface area contributed by atoms with E-state index >= 15 is 0 Å². The van der Waals surface area contributed by atoms with Gasteiger partial charge in [0, 0.05) is 12.1 Å². The van der Waals surface area contributed by atoms with Crippen molar-refractivity contribution in [2.24, 2.45) is 0 Å². The molecule has 2 aromatic carbocycles. The van der Waals surface area contributed by atoms with Gasteiger partial charge >= 0.3 is 5.97 Å². The fourth-order valence-electron chi connectivity index (χ4n) is 2.73. The van der Waals surface area contributed by atoms with Gasteiger partial charge < -0.3 is 10.0 Å². The van der Waals surface area contributed by atoms with Crippen molar-refractivity contribution in [1.29, 1.82) is 0 Å². The highest BCUT2D eigenvalue weighted by atomic mass is 35.5. The molecule has 3 amide bonds. The van der Waals surface area contributed by atoms with Crippen molar-refractivity contribution >= 4 is 41.0 Å². The van der Waals surface area contributed by atoms with E-state index in [1.54, 1.807) is 12.1 Å². The molecule has 0 saturated heterocycles. The minimum atomic E-state index is -1.25. The number of nitrogens with zero attached hydrogens (tertiary/aromatic N) is 2. The molecule has 132 valence electrons. The molecule has 1 aliphatic heterocycles. The monoisotopic (exact) mass is 372 g/mol. The van der Waals surface area contributed by atoms with E-state index in [9.17, 15) is 24.3 Å². The van der Waals surface area contributed by atoms with Gasteiger partial charge in [0.15, 0.2) is 0 Å². The Kier molecular flexibility index (Phi) is 4.48. The van der Waals surface area contributed by atoms with E-state index in [1.807, 2.05) is 0 Å². The summed E-state index contributed by atoms with van der Waals surface area (Å²) < 4.78 is 0. The zero-order valence-corrected chi connectivity index (χ0v) is 14.4. The van der Waals surface area contributed by atoms with Gasteiger partial charge in [0.05, 0.1) is 22.4 Å². The third-order valence-corrected chi connectivity index (χ3v) is 4.33. The largest absolute Gasteiger partial charge is 0.478 e. The van der Waals surface area contributed by atoms with Crippen LogP contribution in [0.5, 0.6) is 0 Å². The number of rotatable bonds is 4. The molecule has 2 aromatic rings. The third-order valence-electron chi connectivity index (χ3n) is 4.10. The molecule has 0 spiro atoms. The number of amides is 3. The number of carboxylic acids is 1. The standard InChI is InChI=1S/C18H13ClN2O5/c1-20(14-7-6-10(19)8-13(14)18(25)26)15(22)9-21-16(23)11-4-2-3-5-12(11)17(21)24/h2-8H,9H2,1H3,(H,25,26). The molecule has 0 aromatic heterocycles. The molecule has 0 bridgehead atoms. The average molecular weight is 373 g/mol. The molecule has 3 rings (SSSR count). The number of likely N-dealkylation sites (N-methyl/N-ethyl adjacent to an activating group) is 1. The fraction of sp³-hybridized carbons (Fsp3) is 0.111. The van der Waals surface area contributed by atoms with Gasteiger partial charge in [-0.2, -0.15) is 0 Å². The summed E-state index contributed by atoms with van der Waals surface area (Å²) in [5.74, 6) is -2.96. The maximum atomic E-state index is 12.6. The normalized spacial score (nSPS) is 12.9. The Morgan fingerprint density at radius 3 is 2.19 bits per heavy atom. The van der Waals surface area contributed by atoms with Crippen molar-refractivity contribution in [2.45, 2.75) is 0 Å². The molecule has 0 fully saturated rings. The van der Waals surface area contributed by atoms with E-state index in [1.165, 1.54) is 37.4 Å². The van der Waals surface area contributed by atoms with E-state index in [4.69, 9.17) is 11.6 Å². The van der Waals surface area contributed by atoms with Gasteiger partial charge in [-0.15, -0.1) is 0 Å². The molecule has 1 heterocycles. The number of halogens is 1. The molecular formula is C18H13ClN2O5. The Morgan fingerprint density at radius 1 is 1.08 bits per heavy atom. The van der Waals surface area contributed by atoms with Gasteiger partial charge in [-0.3, -0.25) is 19.3 Å². The Hall–Kier alpha value is -3.19. The molecular weight excluding hydrogens is 360 g/mol. The highest BCUT2D eigenvalue weighted by molar-refractivity contribution is 6.31. The Bertz CT molecular complexity index is 921. The van der Waals surface area contributed by atoms with Gasteiger partial charge in [0.25, 0.3) is 11.8 Å². The summed E-state index contributed by atoms with van der Waals surface area (Å²) in [6.07, 6.45) is 0. The zero-order chi connectivity index (χ0) is 19.0. The summed E-state index contributed by atoms with van der Waals surface area (Å²) in [6, 6.07) is 10.4. The van der Waals surface area contributed by atoms with Crippen LogP contribution in [0.2, 0.25) is 5.02 Å². The molecule has 0 aliphatic carbocycles. The second kappa shape index (κ2) is 6.61. The van der Waals surface area contributed by atoms with Gasteiger partial charge in [0.2, 0.25) is 5.91 Å². The lowest BCUT2D eigenvalue weighted by molar-refractivity contribution is -0.118. The van der Waals surface area contributed by atoms with Crippen molar-refractivity contribution < 1.29 is 24.3 Å². The summed E-state index contributed by atoms with van der Waals surface area (Å²) in [5, 5.41) is 9.51. The number of hydrogen-bond acceptors (Lipinski definition) is 4. The fourth-order valence-corrected chi connectivity index (χ4v) is 2.90. The molecule has 0 atom stereocenters. The molecule has 1 N–H and O–H groups in total. The maximum absolute atomic E-state index is 12.6. The highest BCUT2D eigenvalue weighted by Gasteiger charge is 2.37. The number of anilines is 1. The number of imide groups is 1. The third kappa shape index (κ3) is 2.93. The lowest BCUT2D eigenvalue weighted by Crippen LogP contribution is -2.41. The quantitative estimate of drug-likeness (QED) is 0.831. The van der Waals surface area contributed by atoms with Crippen LogP contribution in [0.3, 0.4) is 0 Å². The summed E-state index contributed by atoms with van der Waals surface area (Å²) in [4.78, 5) is 50.6. The zero-order valence-electron chi connectivity index (χ0n) is 13.6. The molecule has 0 radical (unpaired) electrons. The number of fused-ring (bicyclic) bond motifs is 1. The second-order valence-corrected chi connectivity index (χ2v) is 6.10. The predicted octanol–water partition coefficient (Wildman–Crippen LogP) is 2.30. The smallest absolute Gasteiger partial charge is 0.337 e. The van der Waals surface area contributed by atoms with Crippen molar-refractivity contribution in [3.63, 3.8) is 0 Å². The number of carbonyl (C=O) groups is 4. The van der Waals surface area contributed by atoms with Crippen LogP contribution in [0.25, 0.3) is 0 Å². The minimum absolute atomic E-state index is 0.114. The lowest BCUT2D eigenvalue weighted by atomic mass is 10.1. The van der Waals surface area contributed by atoms with E-state index in [0.717, 1.165) is 9.80 Å². The van der Waals surface area contributed by atoms with Crippen LogP contribution < -0.4 is 4.90 Å². The Labute approximate surface area is 153 Å². The van der Waals surface area contributed by atoms with Crippen LogP contribution in [-0.4, -0.2) is 47.3 Å². The summed E-state index contributed by atoms with van der Waals surface area (Å²) in [6.45, 7) is -0.496. The van der Waals surface area contributed by atoms with Gasteiger partial charge in [-0.05, 0) is 30.3 Å². The number of carbonyl (C=O) groups excluding carboxylic acids is 3. The van der Waals surface area contributed by atoms with Crippen LogP contribution in [0, 0.1) is 0 Å². The van der Waals surface area contributed by atoms with Crippen molar-refractivity contribution in [3.05, 3.63) is 64.2 Å². The molecule has 8 heteroatoms. The predicted molar refractivity (Wildman–Crippen MR) is 93.6 cm³/mol. The SMILES string of the molecule is CN(C(=O)CN1C(=O)c2ccccc2C1=O)c1ccc(Cl)cc1C(=O)O. The van der Waals surface area contributed by atoms with Gasteiger partial charge in [-0.25, -0.2) is 4.79 Å². The van der Waals surface area contributed by atoms with Crippen molar-refractivity contribution in [2.75, 3.05) is 18.5 Å². The molecule has 26 heavy (non-hydrogen) atoms. The van der Waals surface area contributed by atoms with Gasteiger partial charge in [-0.1, -0.05) is 23.7 Å². The first-order valence-electron chi connectivity index (χ1n) is 7.56. The molecule has 1 aliphatic rings. The first kappa shape index (κ1) is 17.6. The van der Waals surface area contributed by atoms with E-state index in [2.05, 4.69) is 0 Å². The van der Waals surface area contributed by atoms with E-state index in [-0.39, 0.29) is 27.4 Å². The van der Waals surface area contributed by atoms with E-state index in [0.29, 0.717) is 0 Å². The first-order valence-corrected chi connectivity index (χ1v) is 7.93. The summed E-state index contributed by atoms with van der Waals surface area (Å²) in [5.41, 5.74) is 0.440. The topological polar surface area (TPSA) is 95.0 Å². The Balaban J connectivity index is 1.85. The summed E-state index contributed by atoms with van der Waals surface area (Å²) in [7, 11) is 1.37. The average Bonchev–Trinajstić information content (AvgIpc) is 2.86.